The Hall–Kier alpha value is -1.89. The van der Waals surface area contributed by atoms with Gasteiger partial charge in [0.1, 0.15) is 0 Å². The van der Waals surface area contributed by atoms with Crippen LogP contribution in [0.15, 0.2) is 41.8 Å². The molecule has 1 saturated heterocycles. The second-order valence-corrected chi connectivity index (χ2v) is 7.99. The smallest absolute Gasteiger partial charge is 0.253 e. The number of halogens is 1. The standard InChI is InChI=1S/C21H27N3O2S.ClH/c1-24(18-10-12-22-13-11-18)21(26)16-5-2-6-17(15-16)23-20(25)9-3-7-19-8-4-14-27-19;/h2,4-6,8,14-15,18,22H,3,7,9-13H2,1H3,(H,23,25);1H. The summed E-state index contributed by atoms with van der Waals surface area (Å²) in [6, 6.07) is 11.6. The Morgan fingerprint density at radius 3 is 2.71 bits per heavy atom. The van der Waals surface area contributed by atoms with Gasteiger partial charge in [-0.2, -0.15) is 0 Å². The van der Waals surface area contributed by atoms with Crippen molar-refractivity contribution in [3.05, 3.63) is 52.2 Å². The molecule has 0 aliphatic carbocycles. The summed E-state index contributed by atoms with van der Waals surface area (Å²) in [6.45, 7) is 1.90. The minimum atomic E-state index is -0.0112. The number of nitrogens with one attached hydrogen (secondary N) is 2. The van der Waals surface area contributed by atoms with Crippen molar-refractivity contribution in [3.63, 3.8) is 0 Å². The molecule has 152 valence electrons. The normalized spacial score (nSPS) is 14.2. The zero-order valence-electron chi connectivity index (χ0n) is 16.1. The molecule has 1 fully saturated rings. The fourth-order valence-corrected chi connectivity index (χ4v) is 4.15. The number of amides is 2. The van der Waals surface area contributed by atoms with E-state index in [1.165, 1.54) is 4.88 Å². The van der Waals surface area contributed by atoms with Crippen molar-refractivity contribution in [2.75, 3.05) is 25.5 Å². The Bertz CT molecular complexity index is 761. The maximum atomic E-state index is 12.8. The maximum Gasteiger partial charge on any atom is 0.253 e. The Kier molecular flexibility index (Phi) is 8.96. The number of thiophene rings is 1. The summed E-state index contributed by atoms with van der Waals surface area (Å²) in [5.74, 6) is -0.00133. The number of carbonyl (C=O) groups excluding carboxylic acids is 2. The van der Waals surface area contributed by atoms with Gasteiger partial charge in [-0.3, -0.25) is 9.59 Å². The van der Waals surface area contributed by atoms with Gasteiger partial charge in [-0.05, 0) is 68.4 Å². The van der Waals surface area contributed by atoms with Crippen LogP contribution in [0.2, 0.25) is 0 Å². The molecular weight excluding hydrogens is 394 g/mol. The van der Waals surface area contributed by atoms with E-state index in [1.807, 2.05) is 36.2 Å². The third kappa shape index (κ3) is 6.33. The maximum absolute atomic E-state index is 12.8. The highest BCUT2D eigenvalue weighted by Gasteiger charge is 2.23. The fraction of sp³-hybridized carbons (Fsp3) is 0.429. The minimum Gasteiger partial charge on any atom is -0.339 e. The van der Waals surface area contributed by atoms with Crippen LogP contribution < -0.4 is 10.6 Å². The van der Waals surface area contributed by atoms with Gasteiger partial charge >= 0.3 is 0 Å². The van der Waals surface area contributed by atoms with Crippen molar-refractivity contribution in [3.8, 4) is 0 Å². The van der Waals surface area contributed by atoms with Crippen LogP contribution in [0.25, 0.3) is 0 Å². The van der Waals surface area contributed by atoms with E-state index in [4.69, 9.17) is 0 Å². The van der Waals surface area contributed by atoms with Crippen molar-refractivity contribution in [2.45, 2.75) is 38.1 Å². The molecule has 1 aliphatic heterocycles. The Labute approximate surface area is 176 Å². The number of piperidine rings is 1. The first-order chi connectivity index (χ1) is 13.1. The molecule has 2 amide bonds. The first-order valence-electron chi connectivity index (χ1n) is 9.53. The van der Waals surface area contributed by atoms with E-state index in [1.54, 1.807) is 17.4 Å². The van der Waals surface area contributed by atoms with Gasteiger partial charge in [0.15, 0.2) is 0 Å². The van der Waals surface area contributed by atoms with E-state index < -0.39 is 0 Å². The van der Waals surface area contributed by atoms with Gasteiger partial charge in [0.05, 0.1) is 0 Å². The molecule has 2 heterocycles. The van der Waals surface area contributed by atoms with Crippen molar-refractivity contribution in [1.29, 1.82) is 0 Å². The van der Waals surface area contributed by atoms with Crippen LogP contribution in [-0.2, 0) is 11.2 Å². The Morgan fingerprint density at radius 1 is 1.21 bits per heavy atom. The SMILES string of the molecule is CN(C(=O)c1cccc(NC(=O)CCCc2cccs2)c1)C1CCNCC1.Cl. The van der Waals surface area contributed by atoms with Crippen LogP contribution in [0, 0.1) is 0 Å². The van der Waals surface area contributed by atoms with E-state index in [0.717, 1.165) is 38.8 Å². The summed E-state index contributed by atoms with van der Waals surface area (Å²) in [6.07, 6.45) is 4.17. The first kappa shape index (κ1) is 22.4. The predicted octanol–water partition coefficient (Wildman–Crippen LogP) is 3.96. The number of rotatable bonds is 7. The van der Waals surface area contributed by atoms with Gasteiger partial charge < -0.3 is 15.5 Å². The lowest BCUT2D eigenvalue weighted by atomic mass is 10.0. The zero-order valence-corrected chi connectivity index (χ0v) is 17.8. The molecule has 5 nitrogen and oxygen atoms in total. The Morgan fingerprint density at radius 2 is 2.00 bits per heavy atom. The van der Waals surface area contributed by atoms with Crippen LogP contribution in [0.4, 0.5) is 5.69 Å². The Balaban J connectivity index is 0.00000280. The molecule has 0 atom stereocenters. The number of hydrogen-bond donors (Lipinski definition) is 2. The molecule has 0 unspecified atom stereocenters. The number of anilines is 1. The van der Waals surface area contributed by atoms with Gasteiger partial charge in [0.2, 0.25) is 5.91 Å². The highest BCUT2D eigenvalue weighted by atomic mass is 35.5. The number of benzene rings is 1. The molecule has 3 rings (SSSR count). The average Bonchev–Trinajstić information content (AvgIpc) is 3.21. The molecule has 28 heavy (non-hydrogen) atoms. The lowest BCUT2D eigenvalue weighted by Gasteiger charge is -2.31. The molecule has 1 aromatic carbocycles. The van der Waals surface area contributed by atoms with Gasteiger partial charge in [0, 0.05) is 35.6 Å². The summed E-state index contributed by atoms with van der Waals surface area (Å²) in [5, 5.41) is 8.29. The van der Waals surface area contributed by atoms with Gasteiger partial charge in [-0.15, -0.1) is 23.7 Å². The number of nitrogens with zero attached hydrogens (tertiary/aromatic N) is 1. The predicted molar refractivity (Wildman–Crippen MR) is 118 cm³/mol. The van der Waals surface area contributed by atoms with Crippen molar-refractivity contribution >= 4 is 41.2 Å². The monoisotopic (exact) mass is 421 g/mol. The number of aryl methyl sites for hydroxylation is 1. The molecule has 2 N–H and O–H groups in total. The molecule has 0 radical (unpaired) electrons. The number of carbonyl (C=O) groups is 2. The first-order valence-corrected chi connectivity index (χ1v) is 10.4. The lowest BCUT2D eigenvalue weighted by Crippen LogP contribution is -2.43. The van der Waals surface area contributed by atoms with E-state index in [2.05, 4.69) is 22.1 Å². The van der Waals surface area contributed by atoms with Crippen LogP contribution in [-0.4, -0.2) is 42.9 Å². The highest BCUT2D eigenvalue weighted by molar-refractivity contribution is 7.09. The van der Waals surface area contributed by atoms with E-state index in [-0.39, 0.29) is 30.3 Å². The number of hydrogen-bond acceptors (Lipinski definition) is 4. The summed E-state index contributed by atoms with van der Waals surface area (Å²) in [7, 11) is 1.87. The largest absolute Gasteiger partial charge is 0.339 e. The average molecular weight is 422 g/mol. The van der Waals surface area contributed by atoms with Crippen molar-refractivity contribution < 1.29 is 9.59 Å². The molecule has 0 spiro atoms. The van der Waals surface area contributed by atoms with E-state index in [0.29, 0.717) is 17.7 Å². The van der Waals surface area contributed by atoms with E-state index >= 15 is 0 Å². The topological polar surface area (TPSA) is 61.4 Å². The van der Waals surface area contributed by atoms with Crippen LogP contribution >= 0.6 is 23.7 Å². The minimum absolute atomic E-state index is 0. The second kappa shape index (κ2) is 11.2. The van der Waals surface area contributed by atoms with Crippen LogP contribution in [0.3, 0.4) is 0 Å². The molecule has 1 aliphatic rings. The fourth-order valence-electron chi connectivity index (χ4n) is 3.39. The molecule has 0 saturated carbocycles. The van der Waals surface area contributed by atoms with Gasteiger partial charge in [0.25, 0.3) is 5.91 Å². The quantitative estimate of drug-likeness (QED) is 0.711. The second-order valence-electron chi connectivity index (χ2n) is 6.96. The zero-order chi connectivity index (χ0) is 19.1. The summed E-state index contributed by atoms with van der Waals surface area (Å²) in [4.78, 5) is 28.1. The third-order valence-corrected chi connectivity index (χ3v) is 5.91. The van der Waals surface area contributed by atoms with Crippen molar-refractivity contribution in [1.82, 2.24) is 10.2 Å². The lowest BCUT2D eigenvalue weighted by molar-refractivity contribution is -0.116. The summed E-state index contributed by atoms with van der Waals surface area (Å²) >= 11 is 1.72. The summed E-state index contributed by atoms with van der Waals surface area (Å²) in [5.41, 5.74) is 1.30. The summed E-state index contributed by atoms with van der Waals surface area (Å²) < 4.78 is 0. The molecule has 1 aromatic heterocycles. The molecule has 0 bridgehead atoms. The molecular formula is C21H28ClN3O2S. The highest BCUT2D eigenvalue weighted by Crippen LogP contribution is 2.17. The molecule has 2 aromatic rings. The van der Waals surface area contributed by atoms with Crippen LogP contribution in [0.1, 0.15) is 40.9 Å². The molecule has 7 heteroatoms. The van der Waals surface area contributed by atoms with Crippen molar-refractivity contribution in [2.24, 2.45) is 0 Å². The van der Waals surface area contributed by atoms with Gasteiger partial charge in [-0.25, -0.2) is 0 Å². The van der Waals surface area contributed by atoms with E-state index in [9.17, 15) is 9.59 Å². The van der Waals surface area contributed by atoms with Crippen LogP contribution in [0.5, 0.6) is 0 Å². The third-order valence-electron chi connectivity index (χ3n) is 4.98. The van der Waals surface area contributed by atoms with Gasteiger partial charge in [-0.1, -0.05) is 12.1 Å².